The van der Waals surface area contributed by atoms with E-state index in [-0.39, 0.29) is 6.10 Å². The first-order valence-corrected chi connectivity index (χ1v) is 4.18. The van der Waals surface area contributed by atoms with E-state index in [1.54, 1.807) is 6.92 Å². The third-order valence-corrected chi connectivity index (χ3v) is 1.59. The Morgan fingerprint density at radius 3 is 2.58 bits per heavy atom. The summed E-state index contributed by atoms with van der Waals surface area (Å²) in [6.07, 6.45) is 4.48. The number of hydrogen-bond donors (Lipinski definition) is 1. The van der Waals surface area contributed by atoms with Gasteiger partial charge in [0.15, 0.2) is 0 Å². The van der Waals surface area contributed by atoms with Crippen LogP contribution in [0.4, 0.5) is 0 Å². The van der Waals surface area contributed by atoms with Gasteiger partial charge in [0.2, 0.25) is 0 Å². The third kappa shape index (κ3) is 3.35. The third-order valence-electron chi connectivity index (χ3n) is 1.59. The lowest BCUT2D eigenvalue weighted by Gasteiger charge is -1.96. The molecule has 1 nitrogen and oxygen atoms in total. The lowest BCUT2D eigenvalue weighted by atomic mass is 10.2. The van der Waals surface area contributed by atoms with E-state index in [4.69, 9.17) is 5.11 Å². The van der Waals surface area contributed by atoms with Gasteiger partial charge in [0.25, 0.3) is 0 Å². The zero-order chi connectivity index (χ0) is 8.81. The summed E-state index contributed by atoms with van der Waals surface area (Å²) >= 11 is 0. The van der Waals surface area contributed by atoms with Crippen LogP contribution in [-0.2, 0) is 0 Å². The van der Waals surface area contributed by atoms with E-state index in [1.165, 1.54) is 5.56 Å². The number of rotatable bonds is 3. The molecule has 0 aliphatic rings. The van der Waals surface area contributed by atoms with Gasteiger partial charge in [-0.15, -0.1) is 0 Å². The minimum Gasteiger partial charge on any atom is -0.393 e. The fourth-order valence-electron chi connectivity index (χ4n) is 0.965. The Bertz CT molecular complexity index is 236. The van der Waals surface area contributed by atoms with Crippen molar-refractivity contribution >= 4 is 6.08 Å². The van der Waals surface area contributed by atoms with Crippen LogP contribution in [0.15, 0.2) is 36.4 Å². The maximum absolute atomic E-state index is 8.98. The van der Waals surface area contributed by atoms with Crippen molar-refractivity contribution < 1.29 is 5.11 Å². The number of aliphatic hydroxyl groups is 1. The van der Waals surface area contributed by atoms with Crippen LogP contribution in [0.2, 0.25) is 0 Å². The predicted molar refractivity (Wildman–Crippen MR) is 51.8 cm³/mol. The van der Waals surface area contributed by atoms with Crippen molar-refractivity contribution in [2.75, 3.05) is 0 Å². The Morgan fingerprint density at radius 2 is 2.00 bits per heavy atom. The van der Waals surface area contributed by atoms with Crippen LogP contribution < -0.4 is 0 Å². The number of hydrogen-bond acceptors (Lipinski definition) is 1. The average molecular weight is 162 g/mol. The second-order valence-electron chi connectivity index (χ2n) is 2.90. The first-order chi connectivity index (χ1) is 5.79. The van der Waals surface area contributed by atoms with Gasteiger partial charge in [-0.05, 0) is 18.9 Å². The lowest BCUT2D eigenvalue weighted by molar-refractivity contribution is 0.199. The molecule has 1 atom stereocenters. The highest BCUT2D eigenvalue weighted by atomic mass is 16.3. The van der Waals surface area contributed by atoms with Gasteiger partial charge in [-0.2, -0.15) is 0 Å². The molecule has 0 amide bonds. The maximum Gasteiger partial charge on any atom is 0.0546 e. The molecular weight excluding hydrogens is 148 g/mol. The van der Waals surface area contributed by atoms with Gasteiger partial charge in [-0.25, -0.2) is 0 Å². The molecular formula is C11H14O. The minimum atomic E-state index is -0.245. The zero-order valence-corrected chi connectivity index (χ0v) is 7.27. The summed E-state index contributed by atoms with van der Waals surface area (Å²) in [4.78, 5) is 0. The van der Waals surface area contributed by atoms with Crippen molar-refractivity contribution in [1.29, 1.82) is 0 Å². The molecule has 0 bridgehead atoms. The Labute approximate surface area is 73.4 Å². The van der Waals surface area contributed by atoms with Gasteiger partial charge in [-0.3, -0.25) is 0 Å². The van der Waals surface area contributed by atoms with Crippen LogP contribution in [0.5, 0.6) is 0 Å². The standard InChI is InChI=1S/C11H14O/c1-10(12)6-5-9-11-7-3-2-4-8-11/h2-5,7-10,12H,6H2,1H3. The Morgan fingerprint density at radius 1 is 1.33 bits per heavy atom. The second kappa shape index (κ2) is 4.73. The lowest BCUT2D eigenvalue weighted by Crippen LogP contribution is -1.94. The van der Waals surface area contributed by atoms with Crippen molar-refractivity contribution in [3.8, 4) is 0 Å². The van der Waals surface area contributed by atoms with Crippen LogP contribution >= 0.6 is 0 Å². The fraction of sp³-hybridized carbons (Fsp3) is 0.273. The molecule has 64 valence electrons. The first kappa shape index (κ1) is 9.01. The van der Waals surface area contributed by atoms with Crippen molar-refractivity contribution in [2.45, 2.75) is 19.4 Å². The van der Waals surface area contributed by atoms with Crippen LogP contribution in [0.1, 0.15) is 18.9 Å². The molecule has 0 saturated carbocycles. The van der Waals surface area contributed by atoms with Crippen LogP contribution in [-0.4, -0.2) is 11.2 Å². The molecule has 1 aromatic rings. The van der Waals surface area contributed by atoms with Crippen molar-refractivity contribution in [3.05, 3.63) is 42.0 Å². The minimum absolute atomic E-state index is 0.245. The van der Waals surface area contributed by atoms with E-state index in [0.717, 1.165) is 6.42 Å². The summed E-state index contributed by atoms with van der Waals surface area (Å²) in [5.41, 5.74) is 1.18. The smallest absolute Gasteiger partial charge is 0.0546 e. The quantitative estimate of drug-likeness (QED) is 0.724. The molecule has 0 aliphatic carbocycles. The van der Waals surface area contributed by atoms with Gasteiger partial charge in [0.05, 0.1) is 6.10 Å². The van der Waals surface area contributed by atoms with E-state index in [1.807, 2.05) is 42.5 Å². The van der Waals surface area contributed by atoms with Crippen LogP contribution in [0, 0.1) is 0 Å². The average Bonchev–Trinajstić information content (AvgIpc) is 2.05. The number of aliphatic hydroxyl groups excluding tert-OH is 1. The van der Waals surface area contributed by atoms with Gasteiger partial charge < -0.3 is 5.11 Å². The highest BCUT2D eigenvalue weighted by Crippen LogP contribution is 2.02. The van der Waals surface area contributed by atoms with E-state index >= 15 is 0 Å². The summed E-state index contributed by atoms with van der Waals surface area (Å²) in [5, 5.41) is 8.98. The summed E-state index contributed by atoms with van der Waals surface area (Å²) in [7, 11) is 0. The van der Waals surface area contributed by atoms with E-state index in [9.17, 15) is 0 Å². The molecule has 12 heavy (non-hydrogen) atoms. The molecule has 0 aromatic heterocycles. The van der Waals surface area contributed by atoms with Crippen LogP contribution in [0.25, 0.3) is 6.08 Å². The molecule has 0 radical (unpaired) electrons. The predicted octanol–water partition coefficient (Wildman–Crippen LogP) is 2.47. The van der Waals surface area contributed by atoms with Gasteiger partial charge in [0.1, 0.15) is 0 Å². The molecule has 1 aromatic carbocycles. The summed E-state index contributed by atoms with van der Waals surface area (Å²) in [6, 6.07) is 10.1. The van der Waals surface area contributed by atoms with E-state index in [2.05, 4.69) is 0 Å². The second-order valence-corrected chi connectivity index (χ2v) is 2.90. The Kier molecular flexibility index (Phi) is 3.55. The Hall–Kier alpha value is -1.08. The molecule has 1 heteroatoms. The molecule has 0 spiro atoms. The van der Waals surface area contributed by atoms with Gasteiger partial charge >= 0.3 is 0 Å². The van der Waals surface area contributed by atoms with E-state index < -0.39 is 0 Å². The monoisotopic (exact) mass is 162 g/mol. The topological polar surface area (TPSA) is 20.2 Å². The van der Waals surface area contributed by atoms with E-state index in [0.29, 0.717) is 0 Å². The maximum atomic E-state index is 8.98. The zero-order valence-electron chi connectivity index (χ0n) is 7.27. The highest BCUT2D eigenvalue weighted by Gasteiger charge is 1.88. The van der Waals surface area contributed by atoms with Crippen molar-refractivity contribution in [2.24, 2.45) is 0 Å². The molecule has 1 rings (SSSR count). The van der Waals surface area contributed by atoms with Crippen LogP contribution in [0.3, 0.4) is 0 Å². The van der Waals surface area contributed by atoms with Crippen molar-refractivity contribution in [1.82, 2.24) is 0 Å². The molecule has 0 heterocycles. The van der Waals surface area contributed by atoms with Gasteiger partial charge in [-0.1, -0.05) is 42.5 Å². The molecule has 0 aliphatic heterocycles. The first-order valence-electron chi connectivity index (χ1n) is 4.18. The molecule has 1 N–H and O–H groups in total. The van der Waals surface area contributed by atoms with Crippen molar-refractivity contribution in [3.63, 3.8) is 0 Å². The SMILES string of the molecule is CC(O)CC=Cc1ccccc1. The molecule has 0 saturated heterocycles. The largest absolute Gasteiger partial charge is 0.393 e. The summed E-state index contributed by atoms with van der Waals surface area (Å²) < 4.78 is 0. The highest BCUT2D eigenvalue weighted by molar-refractivity contribution is 5.48. The normalized spacial score (nSPS) is 13.5. The molecule has 0 fully saturated rings. The fourth-order valence-corrected chi connectivity index (χ4v) is 0.965. The van der Waals surface area contributed by atoms with Gasteiger partial charge in [0, 0.05) is 0 Å². The Balaban J connectivity index is 2.47. The molecule has 1 unspecified atom stereocenters. The number of benzene rings is 1. The summed E-state index contributed by atoms with van der Waals surface area (Å²) in [6.45, 7) is 1.79. The summed E-state index contributed by atoms with van der Waals surface area (Å²) in [5.74, 6) is 0.